The lowest BCUT2D eigenvalue weighted by molar-refractivity contribution is 0.377. The van der Waals surface area contributed by atoms with Gasteiger partial charge in [-0.05, 0) is 56.3 Å². The van der Waals surface area contributed by atoms with Crippen molar-refractivity contribution in [1.29, 1.82) is 0 Å². The summed E-state index contributed by atoms with van der Waals surface area (Å²) < 4.78 is 0. The first kappa shape index (κ1) is 14.4. The fraction of sp³-hybridized carbons (Fsp3) is 0.647. The van der Waals surface area contributed by atoms with Crippen LogP contribution in [0.1, 0.15) is 44.7 Å². The van der Waals surface area contributed by atoms with Gasteiger partial charge in [0.05, 0.1) is 0 Å². The van der Waals surface area contributed by atoms with E-state index in [2.05, 4.69) is 56.1 Å². The lowest BCUT2D eigenvalue weighted by Crippen LogP contribution is -2.40. The minimum Gasteiger partial charge on any atom is -0.369 e. The van der Waals surface area contributed by atoms with Crippen LogP contribution < -0.4 is 10.2 Å². The molecule has 19 heavy (non-hydrogen) atoms. The van der Waals surface area contributed by atoms with Crippen LogP contribution >= 0.6 is 0 Å². The first-order valence-electron chi connectivity index (χ1n) is 7.68. The topological polar surface area (TPSA) is 15.3 Å². The van der Waals surface area contributed by atoms with E-state index in [-0.39, 0.29) is 0 Å². The Kier molecular flexibility index (Phi) is 4.87. The zero-order valence-electron chi connectivity index (χ0n) is 12.9. The fourth-order valence-electron chi connectivity index (χ4n) is 3.18. The van der Waals surface area contributed by atoms with Crippen molar-refractivity contribution in [3.05, 3.63) is 29.3 Å². The van der Waals surface area contributed by atoms with Gasteiger partial charge in [0.15, 0.2) is 0 Å². The quantitative estimate of drug-likeness (QED) is 0.887. The molecular weight excluding hydrogens is 232 g/mol. The lowest BCUT2D eigenvalue weighted by atomic mass is 9.92. The summed E-state index contributed by atoms with van der Waals surface area (Å²) in [6, 6.07) is 7.59. The first-order valence-corrected chi connectivity index (χ1v) is 7.68. The van der Waals surface area contributed by atoms with Gasteiger partial charge in [0, 0.05) is 24.8 Å². The maximum atomic E-state index is 3.39. The van der Waals surface area contributed by atoms with Crippen molar-refractivity contribution < 1.29 is 0 Å². The van der Waals surface area contributed by atoms with Crippen LogP contribution in [-0.2, 0) is 6.54 Å². The first-order chi connectivity index (χ1) is 9.11. The molecule has 2 heteroatoms. The monoisotopic (exact) mass is 260 g/mol. The Balaban J connectivity index is 2.12. The zero-order valence-corrected chi connectivity index (χ0v) is 12.9. The molecule has 0 spiro atoms. The Morgan fingerprint density at radius 1 is 1.32 bits per heavy atom. The molecule has 0 bridgehead atoms. The molecular formula is C17H28N2. The molecule has 0 amide bonds. The lowest BCUT2D eigenvalue weighted by Gasteiger charge is -2.39. The molecule has 1 N–H and O–H groups in total. The van der Waals surface area contributed by atoms with Crippen molar-refractivity contribution in [2.24, 2.45) is 5.92 Å². The van der Waals surface area contributed by atoms with E-state index in [0.717, 1.165) is 19.0 Å². The second-order valence-electron chi connectivity index (χ2n) is 6.07. The van der Waals surface area contributed by atoms with E-state index in [1.165, 1.54) is 36.2 Å². The van der Waals surface area contributed by atoms with E-state index in [4.69, 9.17) is 0 Å². The van der Waals surface area contributed by atoms with E-state index in [1.54, 1.807) is 0 Å². The highest BCUT2D eigenvalue weighted by Gasteiger charge is 2.23. The smallest absolute Gasteiger partial charge is 0.0398 e. The minimum atomic E-state index is 0.669. The molecule has 1 aliphatic heterocycles. The number of rotatable bonds is 4. The molecule has 106 valence electrons. The van der Waals surface area contributed by atoms with Gasteiger partial charge >= 0.3 is 0 Å². The summed E-state index contributed by atoms with van der Waals surface area (Å²) in [5, 5.41) is 3.39. The van der Waals surface area contributed by atoms with E-state index in [0.29, 0.717) is 6.04 Å². The van der Waals surface area contributed by atoms with Crippen LogP contribution in [0, 0.1) is 12.8 Å². The minimum absolute atomic E-state index is 0.669. The van der Waals surface area contributed by atoms with Gasteiger partial charge < -0.3 is 10.2 Å². The van der Waals surface area contributed by atoms with E-state index >= 15 is 0 Å². The molecule has 1 saturated heterocycles. The Labute approximate surface area is 118 Å². The summed E-state index contributed by atoms with van der Waals surface area (Å²) in [6.07, 6.45) is 2.64. The second kappa shape index (κ2) is 6.42. The number of nitrogens with one attached hydrogen (secondary N) is 1. The number of nitrogens with zero attached hydrogens (tertiary/aromatic N) is 1. The average molecular weight is 260 g/mol. The highest BCUT2D eigenvalue weighted by Crippen LogP contribution is 2.30. The van der Waals surface area contributed by atoms with Crippen LogP contribution in [0.2, 0.25) is 0 Å². The molecule has 0 saturated carbocycles. The summed E-state index contributed by atoms with van der Waals surface area (Å²) in [6.45, 7) is 12.3. The molecule has 1 fully saturated rings. The summed E-state index contributed by atoms with van der Waals surface area (Å²) in [5.41, 5.74) is 4.23. The van der Waals surface area contributed by atoms with Crippen molar-refractivity contribution in [2.45, 2.75) is 53.1 Å². The number of hydrogen-bond donors (Lipinski definition) is 1. The van der Waals surface area contributed by atoms with E-state index in [1.807, 2.05) is 0 Å². The largest absolute Gasteiger partial charge is 0.369 e. The van der Waals surface area contributed by atoms with Crippen molar-refractivity contribution in [2.75, 3.05) is 18.0 Å². The van der Waals surface area contributed by atoms with Crippen LogP contribution in [0.3, 0.4) is 0 Å². The highest BCUT2D eigenvalue weighted by molar-refractivity contribution is 5.55. The molecule has 1 aliphatic rings. The van der Waals surface area contributed by atoms with Crippen LogP contribution in [0.5, 0.6) is 0 Å². The fourth-order valence-corrected chi connectivity index (χ4v) is 3.18. The van der Waals surface area contributed by atoms with Gasteiger partial charge in [-0.15, -0.1) is 0 Å². The van der Waals surface area contributed by atoms with E-state index in [9.17, 15) is 0 Å². The van der Waals surface area contributed by atoms with Gasteiger partial charge in [-0.25, -0.2) is 0 Å². The number of aryl methyl sites for hydroxylation is 1. The predicted molar refractivity (Wildman–Crippen MR) is 83.8 cm³/mol. The van der Waals surface area contributed by atoms with E-state index < -0.39 is 0 Å². The summed E-state index contributed by atoms with van der Waals surface area (Å²) in [5.74, 6) is 0.875. The SMILES string of the molecule is CCNCc1ccc(N2CCC(C)CC2C)c(C)c1. The Hall–Kier alpha value is -1.02. The third kappa shape index (κ3) is 3.50. The van der Waals surface area contributed by atoms with Gasteiger partial charge in [-0.3, -0.25) is 0 Å². The average Bonchev–Trinajstić information content (AvgIpc) is 2.37. The van der Waals surface area contributed by atoms with Crippen LogP contribution in [0.25, 0.3) is 0 Å². The Morgan fingerprint density at radius 2 is 2.11 bits per heavy atom. The normalized spacial score (nSPS) is 23.7. The maximum Gasteiger partial charge on any atom is 0.0398 e. The third-order valence-corrected chi connectivity index (χ3v) is 4.29. The van der Waals surface area contributed by atoms with Crippen molar-refractivity contribution in [3.8, 4) is 0 Å². The van der Waals surface area contributed by atoms with Crippen LogP contribution in [-0.4, -0.2) is 19.1 Å². The summed E-state index contributed by atoms with van der Waals surface area (Å²) in [4.78, 5) is 2.59. The van der Waals surface area contributed by atoms with Gasteiger partial charge in [-0.1, -0.05) is 26.0 Å². The van der Waals surface area contributed by atoms with Gasteiger partial charge in [0.1, 0.15) is 0 Å². The summed E-state index contributed by atoms with van der Waals surface area (Å²) >= 11 is 0. The molecule has 1 heterocycles. The molecule has 1 aromatic rings. The predicted octanol–water partition coefficient (Wildman–Crippen LogP) is 3.73. The van der Waals surface area contributed by atoms with Crippen molar-refractivity contribution >= 4 is 5.69 Å². The molecule has 2 rings (SSSR count). The molecule has 2 atom stereocenters. The Bertz CT molecular complexity index is 414. The standard InChI is InChI=1S/C17H28N2/c1-5-18-12-16-6-7-17(14(3)11-16)19-9-8-13(2)10-15(19)4/h6-7,11,13,15,18H,5,8-10,12H2,1-4H3. The molecule has 1 aromatic carbocycles. The number of hydrogen-bond acceptors (Lipinski definition) is 2. The number of piperidine rings is 1. The second-order valence-corrected chi connectivity index (χ2v) is 6.07. The molecule has 0 radical (unpaired) electrons. The number of benzene rings is 1. The van der Waals surface area contributed by atoms with Crippen molar-refractivity contribution in [3.63, 3.8) is 0 Å². The molecule has 2 unspecified atom stereocenters. The third-order valence-electron chi connectivity index (χ3n) is 4.29. The maximum absolute atomic E-state index is 3.39. The molecule has 2 nitrogen and oxygen atoms in total. The molecule has 0 aromatic heterocycles. The highest BCUT2D eigenvalue weighted by atomic mass is 15.2. The Morgan fingerprint density at radius 3 is 2.74 bits per heavy atom. The molecule has 0 aliphatic carbocycles. The summed E-state index contributed by atoms with van der Waals surface area (Å²) in [7, 11) is 0. The van der Waals surface area contributed by atoms with Crippen LogP contribution in [0.15, 0.2) is 18.2 Å². The van der Waals surface area contributed by atoms with Gasteiger partial charge in [-0.2, -0.15) is 0 Å². The van der Waals surface area contributed by atoms with Gasteiger partial charge in [0.25, 0.3) is 0 Å². The zero-order chi connectivity index (χ0) is 13.8. The van der Waals surface area contributed by atoms with Crippen LogP contribution in [0.4, 0.5) is 5.69 Å². The van der Waals surface area contributed by atoms with Gasteiger partial charge in [0.2, 0.25) is 0 Å². The van der Waals surface area contributed by atoms with Crippen molar-refractivity contribution in [1.82, 2.24) is 5.32 Å². The number of anilines is 1.